The molecule has 0 spiro atoms. The van der Waals surface area contributed by atoms with Crippen LogP contribution in [-0.2, 0) is 13.0 Å². The Hall–Kier alpha value is -4.13. The van der Waals surface area contributed by atoms with Gasteiger partial charge in [-0.25, -0.2) is 9.78 Å². The van der Waals surface area contributed by atoms with Gasteiger partial charge in [0, 0.05) is 42.9 Å². The summed E-state index contributed by atoms with van der Waals surface area (Å²) in [4.78, 5) is 20.4. The van der Waals surface area contributed by atoms with Crippen molar-refractivity contribution < 1.29 is 9.53 Å². The topological polar surface area (TPSA) is 81.1 Å². The maximum atomic E-state index is 12.1. The number of urea groups is 1. The average Bonchev–Trinajstić information content (AvgIpc) is 3.26. The Kier molecular flexibility index (Phi) is 6.77. The molecular weight excluding hydrogens is 402 g/mol. The van der Waals surface area contributed by atoms with E-state index < -0.39 is 0 Å². The number of hydrogen-bond donors (Lipinski definition) is 2. The minimum Gasteiger partial charge on any atom is -0.493 e. The van der Waals surface area contributed by atoms with Gasteiger partial charge in [0.1, 0.15) is 5.75 Å². The largest absolute Gasteiger partial charge is 0.493 e. The third-order valence-corrected chi connectivity index (χ3v) is 4.91. The van der Waals surface area contributed by atoms with Crippen molar-refractivity contribution in [1.29, 1.82) is 0 Å². The van der Waals surface area contributed by atoms with Gasteiger partial charge in [-0.3, -0.25) is 4.98 Å². The van der Waals surface area contributed by atoms with Crippen molar-refractivity contribution in [3.8, 4) is 11.4 Å². The summed E-state index contributed by atoms with van der Waals surface area (Å²) in [6, 6.07) is 19.1. The van der Waals surface area contributed by atoms with Crippen molar-refractivity contribution in [2.24, 2.45) is 0 Å². The average molecular weight is 428 g/mol. The van der Waals surface area contributed by atoms with Gasteiger partial charge in [0.2, 0.25) is 0 Å². The predicted octanol–water partition coefficient (Wildman–Crippen LogP) is 4.52. The molecule has 0 bridgehead atoms. The van der Waals surface area contributed by atoms with Crippen LogP contribution in [-0.4, -0.2) is 27.2 Å². The summed E-state index contributed by atoms with van der Waals surface area (Å²) < 4.78 is 7.94. The summed E-state index contributed by atoms with van der Waals surface area (Å²) in [6.45, 7) is 2.94. The zero-order valence-electron chi connectivity index (χ0n) is 17.9. The van der Waals surface area contributed by atoms with Gasteiger partial charge in [0.15, 0.2) is 0 Å². The van der Waals surface area contributed by atoms with E-state index in [0.29, 0.717) is 18.8 Å². The normalized spacial score (nSPS) is 10.5. The lowest BCUT2D eigenvalue weighted by molar-refractivity contribution is 0.251. The maximum absolute atomic E-state index is 12.1. The van der Waals surface area contributed by atoms with E-state index in [9.17, 15) is 4.79 Å². The van der Waals surface area contributed by atoms with E-state index in [2.05, 4.69) is 32.7 Å². The summed E-state index contributed by atoms with van der Waals surface area (Å²) in [7, 11) is 0. The molecule has 7 heteroatoms. The molecule has 0 aliphatic carbocycles. The van der Waals surface area contributed by atoms with Crippen LogP contribution in [0.3, 0.4) is 0 Å². The number of rotatable bonds is 8. The highest BCUT2D eigenvalue weighted by molar-refractivity contribution is 5.89. The van der Waals surface area contributed by atoms with Crippen molar-refractivity contribution in [2.45, 2.75) is 19.9 Å². The first kappa shape index (κ1) is 21.1. The molecule has 0 unspecified atom stereocenters. The molecule has 32 heavy (non-hydrogen) atoms. The van der Waals surface area contributed by atoms with Crippen LogP contribution in [0.2, 0.25) is 0 Å². The minimum atomic E-state index is -0.270. The number of anilines is 1. The third kappa shape index (κ3) is 5.72. The zero-order valence-corrected chi connectivity index (χ0v) is 17.9. The number of pyridine rings is 1. The number of nitrogens with one attached hydrogen (secondary N) is 2. The van der Waals surface area contributed by atoms with Gasteiger partial charge >= 0.3 is 6.03 Å². The second-order valence-corrected chi connectivity index (χ2v) is 7.34. The van der Waals surface area contributed by atoms with Crippen LogP contribution in [0.25, 0.3) is 5.69 Å². The van der Waals surface area contributed by atoms with Crippen LogP contribution in [0, 0.1) is 6.92 Å². The third-order valence-electron chi connectivity index (χ3n) is 4.91. The lowest BCUT2D eigenvalue weighted by Crippen LogP contribution is -2.28. The number of hydrogen-bond acceptors (Lipinski definition) is 4. The molecule has 4 rings (SSSR count). The van der Waals surface area contributed by atoms with Crippen LogP contribution in [0.4, 0.5) is 10.5 Å². The number of amides is 2. The summed E-state index contributed by atoms with van der Waals surface area (Å²) in [5.74, 6) is 0.752. The van der Waals surface area contributed by atoms with Gasteiger partial charge < -0.3 is 19.9 Å². The molecule has 162 valence electrons. The lowest BCUT2D eigenvalue weighted by Gasteiger charge is -2.12. The van der Waals surface area contributed by atoms with Gasteiger partial charge in [-0.15, -0.1) is 0 Å². The second-order valence-electron chi connectivity index (χ2n) is 7.34. The smallest absolute Gasteiger partial charge is 0.319 e. The maximum Gasteiger partial charge on any atom is 0.319 e. The first-order valence-corrected chi connectivity index (χ1v) is 10.4. The van der Waals surface area contributed by atoms with Crippen LogP contribution in [0.1, 0.15) is 16.8 Å². The van der Waals surface area contributed by atoms with Crippen molar-refractivity contribution in [3.63, 3.8) is 0 Å². The Morgan fingerprint density at radius 3 is 2.66 bits per heavy atom. The van der Waals surface area contributed by atoms with E-state index in [1.165, 1.54) is 5.56 Å². The highest BCUT2D eigenvalue weighted by Gasteiger charge is 2.06. The molecule has 0 radical (unpaired) electrons. The number of ether oxygens (including phenoxy) is 1. The van der Waals surface area contributed by atoms with Gasteiger partial charge in [-0.1, -0.05) is 24.3 Å². The summed E-state index contributed by atoms with van der Waals surface area (Å²) in [5.41, 5.74) is 4.91. The van der Waals surface area contributed by atoms with Crippen molar-refractivity contribution in [2.75, 3.05) is 11.9 Å². The number of aromatic nitrogens is 3. The number of nitrogens with zero attached hydrogens (tertiary/aromatic N) is 3. The zero-order chi connectivity index (χ0) is 22.2. The van der Waals surface area contributed by atoms with E-state index in [1.54, 1.807) is 12.4 Å². The second kappa shape index (κ2) is 10.3. The molecule has 2 aromatic carbocycles. The number of aryl methyl sites for hydroxylation is 1. The van der Waals surface area contributed by atoms with Crippen LogP contribution >= 0.6 is 0 Å². The molecule has 2 heterocycles. The number of para-hydroxylation sites is 1. The van der Waals surface area contributed by atoms with E-state index in [0.717, 1.165) is 29.1 Å². The fourth-order valence-electron chi connectivity index (χ4n) is 3.30. The Balaban J connectivity index is 1.26. The number of carbonyl (C=O) groups excluding carboxylic acids is 1. The van der Waals surface area contributed by atoms with Crippen molar-refractivity contribution >= 4 is 11.7 Å². The number of imidazole rings is 1. The van der Waals surface area contributed by atoms with Crippen molar-refractivity contribution in [3.05, 3.63) is 102 Å². The van der Waals surface area contributed by atoms with Gasteiger partial charge in [-0.2, -0.15) is 0 Å². The molecule has 2 amide bonds. The monoisotopic (exact) mass is 427 g/mol. The van der Waals surface area contributed by atoms with E-state index in [1.807, 2.05) is 72.5 Å². The molecule has 0 aliphatic heterocycles. The minimum absolute atomic E-state index is 0.270. The fourth-order valence-corrected chi connectivity index (χ4v) is 3.30. The lowest BCUT2D eigenvalue weighted by atomic mass is 10.1. The van der Waals surface area contributed by atoms with Gasteiger partial charge in [0.05, 0.1) is 18.6 Å². The number of carbonyl (C=O) groups is 1. The quantitative estimate of drug-likeness (QED) is 0.433. The summed E-state index contributed by atoms with van der Waals surface area (Å²) >= 11 is 0. The molecule has 2 N–H and O–H groups in total. The van der Waals surface area contributed by atoms with Crippen LogP contribution in [0.5, 0.6) is 5.75 Å². The Labute approximate surface area is 187 Å². The molecule has 0 atom stereocenters. The molecule has 2 aromatic heterocycles. The first-order chi connectivity index (χ1) is 15.7. The molecule has 7 nitrogen and oxygen atoms in total. The molecule has 0 aliphatic rings. The molecule has 0 saturated carbocycles. The summed E-state index contributed by atoms with van der Waals surface area (Å²) in [6.07, 6.45) is 8.03. The first-order valence-electron chi connectivity index (χ1n) is 10.4. The standard InChI is InChI=1S/C25H25N5O2/c1-19-17-30(18-28-19)24-7-3-2-6-21(24)12-14-32-23-10-8-22(9-11-23)29-25(31)27-16-20-5-4-13-26-15-20/h2-11,13,15,17-18H,12,14,16H2,1H3,(H2,27,29,31). The fraction of sp³-hybridized carbons (Fsp3) is 0.160. The Bertz CT molecular complexity index is 1160. The van der Waals surface area contributed by atoms with E-state index in [4.69, 9.17) is 4.74 Å². The van der Waals surface area contributed by atoms with Gasteiger partial charge in [0.25, 0.3) is 0 Å². The number of benzene rings is 2. The van der Waals surface area contributed by atoms with E-state index >= 15 is 0 Å². The summed E-state index contributed by atoms with van der Waals surface area (Å²) in [5, 5.41) is 5.62. The molecule has 0 saturated heterocycles. The predicted molar refractivity (Wildman–Crippen MR) is 124 cm³/mol. The highest BCUT2D eigenvalue weighted by Crippen LogP contribution is 2.18. The van der Waals surface area contributed by atoms with Crippen molar-refractivity contribution in [1.82, 2.24) is 19.9 Å². The highest BCUT2D eigenvalue weighted by atomic mass is 16.5. The van der Waals surface area contributed by atoms with E-state index in [-0.39, 0.29) is 6.03 Å². The Morgan fingerprint density at radius 1 is 1.06 bits per heavy atom. The molecular formula is C25H25N5O2. The van der Waals surface area contributed by atoms with Crippen LogP contribution < -0.4 is 15.4 Å². The molecule has 4 aromatic rings. The molecule has 0 fully saturated rings. The SMILES string of the molecule is Cc1cn(-c2ccccc2CCOc2ccc(NC(=O)NCc3cccnc3)cc2)cn1. The van der Waals surface area contributed by atoms with Crippen LogP contribution in [0.15, 0.2) is 85.6 Å². The Morgan fingerprint density at radius 2 is 1.91 bits per heavy atom. The van der Waals surface area contributed by atoms with Gasteiger partial charge in [-0.05, 0) is 54.4 Å².